The zero-order chi connectivity index (χ0) is 23.6. The SMILES string of the molecule is O=C(CNC(=O)c1ccc2c(c1)OCO2)Nc1ccc(S(=O)(=O)N[C@H]2CCS(=O)(=O)C2)cc1. The predicted octanol–water partition coefficient (Wildman–Crippen LogP) is 0.249. The molecule has 2 aromatic carbocycles. The lowest BCUT2D eigenvalue weighted by Crippen LogP contribution is -2.35. The molecule has 0 aliphatic carbocycles. The van der Waals surface area contributed by atoms with E-state index in [0.29, 0.717) is 22.7 Å². The van der Waals surface area contributed by atoms with Gasteiger partial charge in [-0.2, -0.15) is 0 Å². The van der Waals surface area contributed by atoms with Gasteiger partial charge in [0, 0.05) is 17.3 Å². The van der Waals surface area contributed by atoms with Crippen LogP contribution in [-0.2, 0) is 24.7 Å². The molecule has 0 saturated carbocycles. The van der Waals surface area contributed by atoms with Gasteiger partial charge in [0.15, 0.2) is 21.3 Å². The number of anilines is 1. The minimum absolute atomic E-state index is 0.0453. The number of sulfone groups is 1. The number of sulfonamides is 1. The van der Waals surface area contributed by atoms with Gasteiger partial charge in [0.05, 0.1) is 22.9 Å². The molecule has 2 amide bonds. The van der Waals surface area contributed by atoms with Crippen molar-refractivity contribution in [3.8, 4) is 11.5 Å². The van der Waals surface area contributed by atoms with Crippen molar-refractivity contribution in [1.82, 2.24) is 10.0 Å². The summed E-state index contributed by atoms with van der Waals surface area (Å²) in [6, 6.07) is 9.41. The van der Waals surface area contributed by atoms with E-state index in [-0.39, 0.29) is 36.2 Å². The quantitative estimate of drug-likeness (QED) is 0.493. The largest absolute Gasteiger partial charge is 0.454 e. The van der Waals surface area contributed by atoms with Crippen LogP contribution in [0.3, 0.4) is 0 Å². The molecule has 0 radical (unpaired) electrons. The second kappa shape index (κ2) is 9.00. The predicted molar refractivity (Wildman–Crippen MR) is 117 cm³/mol. The first-order valence-electron chi connectivity index (χ1n) is 9.92. The summed E-state index contributed by atoms with van der Waals surface area (Å²) < 4.78 is 60.8. The molecule has 1 fully saturated rings. The summed E-state index contributed by atoms with van der Waals surface area (Å²) in [6.07, 6.45) is 0.230. The lowest BCUT2D eigenvalue weighted by Gasteiger charge is -2.12. The van der Waals surface area contributed by atoms with Crippen molar-refractivity contribution >= 4 is 37.4 Å². The van der Waals surface area contributed by atoms with Crippen LogP contribution in [0.1, 0.15) is 16.8 Å². The van der Waals surface area contributed by atoms with Crippen LogP contribution in [0.5, 0.6) is 11.5 Å². The van der Waals surface area contributed by atoms with Crippen LogP contribution in [0.25, 0.3) is 0 Å². The van der Waals surface area contributed by atoms with Gasteiger partial charge >= 0.3 is 0 Å². The number of rotatable bonds is 7. The monoisotopic (exact) mass is 495 g/mol. The summed E-state index contributed by atoms with van der Waals surface area (Å²) in [4.78, 5) is 24.3. The lowest BCUT2D eigenvalue weighted by molar-refractivity contribution is -0.115. The van der Waals surface area contributed by atoms with Gasteiger partial charge in [0.25, 0.3) is 5.91 Å². The van der Waals surface area contributed by atoms with Crippen molar-refractivity contribution in [2.75, 3.05) is 30.2 Å². The fourth-order valence-electron chi connectivity index (χ4n) is 3.40. The zero-order valence-electron chi connectivity index (χ0n) is 17.2. The Kier molecular flexibility index (Phi) is 6.28. The molecule has 2 aliphatic heterocycles. The highest BCUT2D eigenvalue weighted by Gasteiger charge is 2.31. The van der Waals surface area contributed by atoms with Gasteiger partial charge in [0.2, 0.25) is 22.7 Å². The summed E-state index contributed by atoms with van der Waals surface area (Å²) in [5.74, 6) is -0.252. The third-order valence-electron chi connectivity index (χ3n) is 5.05. The standard InChI is InChI=1S/C20H21N3O8S2/c24-19(10-21-20(25)13-1-6-17-18(9-13)31-12-30-17)22-14-2-4-16(5-3-14)33(28,29)23-15-7-8-32(26,27)11-15/h1-6,9,15,23H,7-8,10-12H2,(H,21,25)(H,22,24)/t15-/m0/s1. The Morgan fingerprint density at radius 1 is 1.03 bits per heavy atom. The number of benzene rings is 2. The van der Waals surface area contributed by atoms with E-state index in [1.54, 1.807) is 12.1 Å². The molecular formula is C20H21N3O8S2. The third-order valence-corrected chi connectivity index (χ3v) is 8.35. The van der Waals surface area contributed by atoms with E-state index in [4.69, 9.17) is 9.47 Å². The molecule has 176 valence electrons. The summed E-state index contributed by atoms with van der Waals surface area (Å²) >= 11 is 0. The molecule has 13 heteroatoms. The van der Waals surface area contributed by atoms with Crippen LogP contribution in [-0.4, -0.2) is 59.5 Å². The zero-order valence-corrected chi connectivity index (χ0v) is 18.9. The molecule has 3 N–H and O–H groups in total. The van der Waals surface area contributed by atoms with E-state index < -0.39 is 37.7 Å². The minimum Gasteiger partial charge on any atom is -0.454 e. The Morgan fingerprint density at radius 3 is 2.45 bits per heavy atom. The highest BCUT2D eigenvalue weighted by atomic mass is 32.2. The highest BCUT2D eigenvalue weighted by molar-refractivity contribution is 7.92. The first-order valence-corrected chi connectivity index (χ1v) is 13.2. The first-order chi connectivity index (χ1) is 15.6. The molecule has 2 heterocycles. The summed E-state index contributed by atoms with van der Waals surface area (Å²) in [5, 5.41) is 5.05. The van der Waals surface area contributed by atoms with Crippen molar-refractivity contribution in [3.63, 3.8) is 0 Å². The third kappa shape index (κ3) is 5.61. The van der Waals surface area contributed by atoms with Crippen LogP contribution in [0, 0.1) is 0 Å². The molecule has 4 rings (SSSR count). The fraction of sp³-hybridized carbons (Fsp3) is 0.300. The Hall–Kier alpha value is -3.16. The normalized spacial score (nSPS) is 18.6. The van der Waals surface area contributed by atoms with Crippen molar-refractivity contribution in [1.29, 1.82) is 0 Å². The van der Waals surface area contributed by atoms with Crippen molar-refractivity contribution < 1.29 is 35.9 Å². The van der Waals surface area contributed by atoms with Crippen molar-refractivity contribution in [2.45, 2.75) is 17.4 Å². The first kappa shape index (κ1) is 23.0. The number of nitrogens with one attached hydrogen (secondary N) is 3. The molecular weight excluding hydrogens is 474 g/mol. The fourth-order valence-corrected chi connectivity index (χ4v) is 6.45. The number of amides is 2. The number of ether oxygens (including phenoxy) is 2. The molecule has 0 aromatic heterocycles. The van der Waals surface area contributed by atoms with E-state index in [1.807, 2.05) is 0 Å². The second-order valence-electron chi connectivity index (χ2n) is 7.54. The average Bonchev–Trinajstić information content (AvgIpc) is 3.37. The average molecular weight is 496 g/mol. The Bertz CT molecular complexity index is 1290. The molecule has 11 nitrogen and oxygen atoms in total. The number of hydrogen-bond donors (Lipinski definition) is 3. The Balaban J connectivity index is 1.29. The van der Waals surface area contributed by atoms with E-state index in [2.05, 4.69) is 15.4 Å². The van der Waals surface area contributed by atoms with Crippen LogP contribution < -0.4 is 24.8 Å². The maximum absolute atomic E-state index is 12.5. The molecule has 0 unspecified atom stereocenters. The van der Waals surface area contributed by atoms with E-state index in [1.165, 1.54) is 30.3 Å². The molecule has 1 atom stereocenters. The van der Waals surface area contributed by atoms with Crippen LogP contribution >= 0.6 is 0 Å². The Morgan fingerprint density at radius 2 is 1.76 bits per heavy atom. The van der Waals surface area contributed by atoms with Gasteiger partial charge in [-0.3, -0.25) is 9.59 Å². The van der Waals surface area contributed by atoms with E-state index in [9.17, 15) is 26.4 Å². The topological polar surface area (TPSA) is 157 Å². The van der Waals surface area contributed by atoms with Crippen LogP contribution in [0.4, 0.5) is 5.69 Å². The molecule has 2 aromatic rings. The summed E-state index contributed by atoms with van der Waals surface area (Å²) in [6.45, 7) is -0.216. The highest BCUT2D eigenvalue weighted by Crippen LogP contribution is 2.32. The van der Waals surface area contributed by atoms with Gasteiger partial charge in [0.1, 0.15) is 0 Å². The number of fused-ring (bicyclic) bond motifs is 1. The van der Waals surface area contributed by atoms with E-state index >= 15 is 0 Å². The minimum atomic E-state index is -3.90. The maximum Gasteiger partial charge on any atom is 0.251 e. The van der Waals surface area contributed by atoms with Gasteiger partial charge in [-0.1, -0.05) is 0 Å². The summed E-state index contributed by atoms with van der Waals surface area (Å²) in [5.41, 5.74) is 0.642. The summed E-state index contributed by atoms with van der Waals surface area (Å²) in [7, 11) is -7.12. The maximum atomic E-state index is 12.5. The van der Waals surface area contributed by atoms with Crippen LogP contribution in [0.15, 0.2) is 47.4 Å². The van der Waals surface area contributed by atoms with Crippen molar-refractivity contribution in [2.24, 2.45) is 0 Å². The smallest absolute Gasteiger partial charge is 0.251 e. The van der Waals surface area contributed by atoms with Crippen LogP contribution in [0.2, 0.25) is 0 Å². The molecule has 1 saturated heterocycles. The number of carbonyl (C=O) groups is 2. The lowest BCUT2D eigenvalue weighted by atomic mass is 10.2. The van der Waals surface area contributed by atoms with Gasteiger partial charge in [-0.05, 0) is 48.9 Å². The molecule has 0 bridgehead atoms. The van der Waals surface area contributed by atoms with Gasteiger partial charge in [-0.25, -0.2) is 21.6 Å². The second-order valence-corrected chi connectivity index (χ2v) is 11.5. The Labute approximate surface area is 190 Å². The van der Waals surface area contributed by atoms with Gasteiger partial charge in [-0.15, -0.1) is 0 Å². The van der Waals surface area contributed by atoms with E-state index in [0.717, 1.165) is 0 Å². The number of carbonyl (C=O) groups excluding carboxylic acids is 2. The molecule has 0 spiro atoms. The van der Waals surface area contributed by atoms with Crippen molar-refractivity contribution in [3.05, 3.63) is 48.0 Å². The molecule has 2 aliphatic rings. The number of hydrogen-bond acceptors (Lipinski definition) is 8. The van der Waals surface area contributed by atoms with Gasteiger partial charge < -0.3 is 20.1 Å². The molecule has 33 heavy (non-hydrogen) atoms.